The van der Waals surface area contributed by atoms with Gasteiger partial charge in [0.15, 0.2) is 6.10 Å². The Hall–Kier alpha value is -2.82. The first kappa shape index (κ1) is 16.5. The van der Waals surface area contributed by atoms with Crippen LogP contribution < -0.4 is 15.4 Å². The average molecular weight is 318 g/mol. The van der Waals surface area contributed by atoms with Crippen molar-refractivity contribution in [3.05, 3.63) is 18.5 Å². The average Bonchev–Trinajstić information content (AvgIpc) is 2.45. The molecule has 2 rings (SSSR count). The van der Waals surface area contributed by atoms with E-state index in [-0.39, 0.29) is 6.42 Å². The third-order valence-corrected chi connectivity index (χ3v) is 2.90. The van der Waals surface area contributed by atoms with E-state index in [1.54, 1.807) is 26.8 Å². The summed E-state index contributed by atoms with van der Waals surface area (Å²) in [5.74, 6) is 0.0790. The summed E-state index contributed by atoms with van der Waals surface area (Å²) in [6, 6.07) is 2.63. The Balaban J connectivity index is 1.98. The molecule has 122 valence electrons. The second kappa shape index (κ2) is 6.52. The van der Waals surface area contributed by atoms with Gasteiger partial charge in [0, 0.05) is 18.7 Å². The van der Waals surface area contributed by atoms with E-state index in [9.17, 15) is 9.59 Å². The summed E-state index contributed by atoms with van der Waals surface area (Å²) >= 11 is 0. The summed E-state index contributed by atoms with van der Waals surface area (Å²) in [6.07, 6.45) is 1.41. The lowest BCUT2D eigenvalue weighted by molar-refractivity contribution is -0.123. The predicted octanol–water partition coefficient (Wildman–Crippen LogP) is 1.59. The molecule has 1 aromatic rings. The summed E-state index contributed by atoms with van der Waals surface area (Å²) < 4.78 is 10.7. The third kappa shape index (κ3) is 4.57. The van der Waals surface area contributed by atoms with Crippen LogP contribution in [0.5, 0.6) is 5.75 Å². The van der Waals surface area contributed by atoms with Crippen LogP contribution in [0.4, 0.5) is 10.5 Å². The number of anilines is 1. The molecule has 0 saturated carbocycles. The van der Waals surface area contributed by atoms with Gasteiger partial charge in [-0.2, -0.15) is 5.26 Å². The van der Waals surface area contributed by atoms with E-state index >= 15 is 0 Å². The minimum absolute atomic E-state index is 0.00331. The first-order chi connectivity index (χ1) is 10.8. The molecular weight excluding hydrogens is 300 g/mol. The largest absolute Gasteiger partial charge is 0.478 e. The van der Waals surface area contributed by atoms with Crippen molar-refractivity contribution in [2.45, 2.75) is 44.9 Å². The molecule has 1 unspecified atom stereocenters. The Morgan fingerprint density at radius 3 is 3.00 bits per heavy atom. The topological polar surface area (TPSA) is 113 Å². The molecule has 0 radical (unpaired) electrons. The van der Waals surface area contributed by atoms with Gasteiger partial charge in [-0.1, -0.05) is 0 Å². The highest BCUT2D eigenvalue weighted by molar-refractivity contribution is 5.97. The van der Waals surface area contributed by atoms with Crippen molar-refractivity contribution >= 4 is 17.7 Å². The predicted molar refractivity (Wildman–Crippen MR) is 80.7 cm³/mol. The van der Waals surface area contributed by atoms with Crippen molar-refractivity contribution in [3.63, 3.8) is 0 Å². The molecule has 0 aromatic carbocycles. The summed E-state index contributed by atoms with van der Waals surface area (Å²) in [4.78, 5) is 27.6. The van der Waals surface area contributed by atoms with Gasteiger partial charge >= 0.3 is 6.09 Å². The maximum absolute atomic E-state index is 12.0. The molecule has 2 N–H and O–H groups in total. The number of hydrogen-bond donors (Lipinski definition) is 2. The van der Waals surface area contributed by atoms with Crippen LogP contribution in [0.2, 0.25) is 0 Å². The highest BCUT2D eigenvalue weighted by atomic mass is 16.6. The molecule has 8 nitrogen and oxygen atoms in total. The molecule has 0 saturated heterocycles. The van der Waals surface area contributed by atoms with Gasteiger partial charge in [-0.3, -0.25) is 9.78 Å². The second-order valence-corrected chi connectivity index (χ2v) is 6.03. The molecule has 0 fully saturated rings. The van der Waals surface area contributed by atoms with Gasteiger partial charge in [0.05, 0.1) is 12.3 Å². The van der Waals surface area contributed by atoms with Crippen LogP contribution in [-0.2, 0) is 9.53 Å². The summed E-state index contributed by atoms with van der Waals surface area (Å²) in [7, 11) is 0. The number of ether oxygens (including phenoxy) is 2. The van der Waals surface area contributed by atoms with Crippen LogP contribution in [0.1, 0.15) is 27.2 Å². The first-order valence-electron chi connectivity index (χ1n) is 7.09. The minimum Gasteiger partial charge on any atom is -0.478 e. The van der Waals surface area contributed by atoms with Gasteiger partial charge in [-0.25, -0.2) is 4.79 Å². The molecule has 0 bridgehead atoms. The van der Waals surface area contributed by atoms with Crippen LogP contribution in [0.15, 0.2) is 18.5 Å². The number of nitrogens with zero attached hydrogens (tertiary/aromatic N) is 2. The van der Waals surface area contributed by atoms with E-state index < -0.39 is 29.7 Å². The zero-order valence-corrected chi connectivity index (χ0v) is 13.1. The lowest BCUT2D eigenvalue weighted by Gasteiger charge is -2.27. The van der Waals surface area contributed by atoms with Crippen LogP contribution in [0.25, 0.3) is 0 Å². The van der Waals surface area contributed by atoms with E-state index in [0.29, 0.717) is 11.4 Å². The van der Waals surface area contributed by atoms with Gasteiger partial charge in [-0.15, -0.1) is 0 Å². The summed E-state index contributed by atoms with van der Waals surface area (Å²) in [6.45, 7) is 5.16. The van der Waals surface area contributed by atoms with E-state index in [1.807, 2.05) is 6.07 Å². The number of fused-ring (bicyclic) bond motifs is 1. The molecule has 2 heterocycles. The van der Waals surface area contributed by atoms with Crippen LogP contribution >= 0.6 is 0 Å². The second-order valence-electron chi connectivity index (χ2n) is 6.03. The number of amides is 2. The highest BCUT2D eigenvalue weighted by Gasteiger charge is 2.31. The van der Waals surface area contributed by atoms with E-state index in [1.165, 1.54) is 12.4 Å². The first-order valence-corrected chi connectivity index (χ1v) is 7.09. The van der Waals surface area contributed by atoms with Crippen molar-refractivity contribution in [2.24, 2.45) is 0 Å². The molecule has 2 atom stereocenters. The van der Waals surface area contributed by atoms with Crippen LogP contribution in [-0.4, -0.2) is 34.7 Å². The standard InChI is InChI=1S/C15H18N4O4/c1-15(2,3)23-14(21)18-9(7-16)6-12-13(20)19-10-8-17-5-4-11(10)22-12/h4-5,8-9,12H,6H2,1-3H3,(H,18,21)(H,19,20)/t9?,12-/m0/s1. The zero-order chi connectivity index (χ0) is 17.0. The van der Waals surface area contributed by atoms with Crippen LogP contribution in [0, 0.1) is 11.3 Å². The SMILES string of the molecule is CC(C)(C)OC(=O)NC(C#N)C[C@@H]1Oc2ccncc2NC1=O. The van der Waals surface area contributed by atoms with E-state index in [2.05, 4.69) is 15.6 Å². The fourth-order valence-corrected chi connectivity index (χ4v) is 1.96. The number of carbonyl (C=O) groups is 2. The van der Waals surface area contributed by atoms with Gasteiger partial charge in [-0.05, 0) is 20.8 Å². The number of hydrogen-bond acceptors (Lipinski definition) is 6. The van der Waals surface area contributed by atoms with Crippen molar-refractivity contribution < 1.29 is 19.1 Å². The van der Waals surface area contributed by atoms with Gasteiger partial charge in [0.2, 0.25) is 0 Å². The number of rotatable bonds is 3. The normalized spacial score (nSPS) is 17.8. The Bertz CT molecular complexity index is 648. The Morgan fingerprint density at radius 2 is 2.35 bits per heavy atom. The van der Waals surface area contributed by atoms with E-state index in [0.717, 1.165) is 0 Å². The number of alkyl carbamates (subject to hydrolysis) is 1. The summed E-state index contributed by atoms with van der Waals surface area (Å²) in [5.41, 5.74) is -0.197. The fourth-order valence-electron chi connectivity index (χ4n) is 1.96. The number of nitrogens with one attached hydrogen (secondary N) is 2. The smallest absolute Gasteiger partial charge is 0.408 e. The van der Waals surface area contributed by atoms with Crippen molar-refractivity contribution in [3.8, 4) is 11.8 Å². The van der Waals surface area contributed by atoms with Crippen molar-refractivity contribution in [1.82, 2.24) is 10.3 Å². The molecule has 1 aliphatic heterocycles. The quantitative estimate of drug-likeness (QED) is 0.875. The molecule has 0 spiro atoms. The van der Waals surface area contributed by atoms with Gasteiger partial charge in [0.1, 0.15) is 23.1 Å². The van der Waals surface area contributed by atoms with Crippen LogP contribution in [0.3, 0.4) is 0 Å². The number of aromatic nitrogens is 1. The molecular formula is C15H18N4O4. The van der Waals surface area contributed by atoms with Gasteiger partial charge < -0.3 is 20.1 Å². The maximum Gasteiger partial charge on any atom is 0.408 e. The highest BCUT2D eigenvalue weighted by Crippen LogP contribution is 2.29. The Kier molecular flexibility index (Phi) is 4.69. The number of pyridine rings is 1. The van der Waals surface area contributed by atoms with Crippen molar-refractivity contribution in [1.29, 1.82) is 5.26 Å². The Morgan fingerprint density at radius 1 is 1.61 bits per heavy atom. The third-order valence-electron chi connectivity index (χ3n) is 2.90. The number of nitriles is 1. The molecule has 2 amide bonds. The molecule has 23 heavy (non-hydrogen) atoms. The van der Waals surface area contributed by atoms with Gasteiger partial charge in [0.25, 0.3) is 5.91 Å². The molecule has 8 heteroatoms. The monoisotopic (exact) mass is 318 g/mol. The lowest BCUT2D eigenvalue weighted by Crippen LogP contribution is -2.45. The maximum atomic E-state index is 12.0. The molecule has 0 aliphatic carbocycles. The summed E-state index contributed by atoms with van der Waals surface area (Å²) in [5, 5.41) is 14.2. The van der Waals surface area contributed by atoms with Crippen molar-refractivity contribution in [2.75, 3.05) is 5.32 Å². The molecule has 1 aromatic heterocycles. The fraction of sp³-hybridized carbons (Fsp3) is 0.467. The lowest BCUT2D eigenvalue weighted by atomic mass is 10.1. The zero-order valence-electron chi connectivity index (χ0n) is 13.1. The molecule has 1 aliphatic rings. The van der Waals surface area contributed by atoms with E-state index in [4.69, 9.17) is 14.7 Å². The Labute approximate surface area is 133 Å². The minimum atomic E-state index is -0.913. The number of carbonyl (C=O) groups excluding carboxylic acids is 2.